The Morgan fingerprint density at radius 3 is 2.45 bits per heavy atom. The zero-order valence-electron chi connectivity index (χ0n) is 12.7. The lowest BCUT2D eigenvalue weighted by molar-refractivity contribution is -0.126. The van der Waals surface area contributed by atoms with Crippen molar-refractivity contribution >= 4 is 12.0 Å². The molecular formula is C17H25NO2. The molecule has 1 heterocycles. The lowest BCUT2D eigenvalue weighted by atomic mass is 10.1. The van der Waals surface area contributed by atoms with Crippen LogP contribution in [-0.4, -0.2) is 29.0 Å². The second-order valence-electron chi connectivity index (χ2n) is 4.78. The fraction of sp³-hybridized carbons (Fsp3) is 0.471. The number of benzene rings is 1. The number of nitrogens with zero attached hydrogens (tertiary/aromatic N) is 1. The summed E-state index contributed by atoms with van der Waals surface area (Å²) in [5.41, 5.74) is 1.69. The fourth-order valence-electron chi connectivity index (χ4n) is 2.18. The molecule has 0 aromatic heterocycles. The molecule has 1 aromatic carbocycles. The summed E-state index contributed by atoms with van der Waals surface area (Å²) in [4.78, 5) is 13.8. The van der Waals surface area contributed by atoms with E-state index in [2.05, 4.69) is 0 Å². The predicted molar refractivity (Wildman–Crippen MR) is 83.7 cm³/mol. The van der Waals surface area contributed by atoms with Crippen molar-refractivity contribution in [2.45, 2.75) is 40.0 Å². The standard InChI is InChI=1S/C15H19NO2.C2H6/c1-12-5-6-13(14(17)11-12)7-8-15(18)16-9-3-2-4-10-16;1-2/h5-8,11,17H,2-4,9-10H2,1H3;1-2H3/b8-7+;. The number of aryl methyl sites for hydroxylation is 1. The molecule has 0 atom stereocenters. The molecule has 0 bridgehead atoms. The van der Waals surface area contributed by atoms with E-state index >= 15 is 0 Å². The molecule has 0 spiro atoms. The molecule has 3 nitrogen and oxygen atoms in total. The molecule has 3 heteroatoms. The highest BCUT2D eigenvalue weighted by atomic mass is 16.3. The van der Waals surface area contributed by atoms with Crippen molar-refractivity contribution in [3.63, 3.8) is 0 Å². The molecule has 1 aliphatic rings. The molecule has 1 fully saturated rings. The number of piperidine rings is 1. The van der Waals surface area contributed by atoms with Crippen LogP contribution in [0.25, 0.3) is 6.08 Å². The first kappa shape index (κ1) is 16.3. The van der Waals surface area contributed by atoms with Crippen LogP contribution >= 0.6 is 0 Å². The number of rotatable bonds is 2. The Kier molecular flexibility index (Phi) is 6.85. The van der Waals surface area contributed by atoms with Gasteiger partial charge in [-0.1, -0.05) is 26.0 Å². The topological polar surface area (TPSA) is 40.5 Å². The van der Waals surface area contributed by atoms with Crippen LogP contribution in [0.5, 0.6) is 5.75 Å². The number of hydrogen-bond acceptors (Lipinski definition) is 2. The van der Waals surface area contributed by atoms with Crippen LogP contribution in [0.1, 0.15) is 44.2 Å². The minimum atomic E-state index is 0.0367. The summed E-state index contributed by atoms with van der Waals surface area (Å²) in [6.07, 6.45) is 6.64. The van der Waals surface area contributed by atoms with Crippen molar-refractivity contribution in [2.24, 2.45) is 0 Å². The van der Waals surface area contributed by atoms with Crippen LogP contribution < -0.4 is 0 Å². The number of amides is 1. The lowest BCUT2D eigenvalue weighted by Crippen LogP contribution is -2.34. The van der Waals surface area contributed by atoms with E-state index in [4.69, 9.17) is 0 Å². The summed E-state index contributed by atoms with van der Waals surface area (Å²) in [6.45, 7) is 7.62. The highest BCUT2D eigenvalue weighted by Gasteiger charge is 2.13. The van der Waals surface area contributed by atoms with Gasteiger partial charge < -0.3 is 10.0 Å². The molecule has 1 N–H and O–H groups in total. The molecule has 1 aromatic rings. The van der Waals surface area contributed by atoms with Crippen molar-refractivity contribution in [3.05, 3.63) is 35.4 Å². The lowest BCUT2D eigenvalue weighted by Gasteiger charge is -2.25. The van der Waals surface area contributed by atoms with Gasteiger partial charge in [0.1, 0.15) is 5.75 Å². The normalized spacial score (nSPS) is 14.8. The number of phenols is 1. The first-order valence-electron chi connectivity index (χ1n) is 7.43. The van der Waals surface area contributed by atoms with E-state index in [1.807, 2.05) is 37.8 Å². The Hall–Kier alpha value is -1.77. The monoisotopic (exact) mass is 275 g/mol. The summed E-state index contributed by atoms with van der Waals surface area (Å²) in [7, 11) is 0. The van der Waals surface area contributed by atoms with Gasteiger partial charge in [0.2, 0.25) is 5.91 Å². The van der Waals surface area contributed by atoms with Gasteiger partial charge in [-0.15, -0.1) is 0 Å². The van der Waals surface area contributed by atoms with Crippen LogP contribution in [0.15, 0.2) is 24.3 Å². The SMILES string of the molecule is CC.Cc1ccc(/C=C/C(=O)N2CCCCC2)c(O)c1. The van der Waals surface area contributed by atoms with Crippen LogP contribution in [0.2, 0.25) is 0 Å². The second kappa shape index (κ2) is 8.41. The van der Waals surface area contributed by atoms with Crippen molar-refractivity contribution in [1.29, 1.82) is 0 Å². The number of hydrogen-bond donors (Lipinski definition) is 1. The van der Waals surface area contributed by atoms with Gasteiger partial charge in [-0.2, -0.15) is 0 Å². The Morgan fingerprint density at radius 1 is 1.20 bits per heavy atom. The van der Waals surface area contributed by atoms with Crippen LogP contribution in [-0.2, 0) is 4.79 Å². The Labute approximate surface area is 121 Å². The third-order valence-corrected chi connectivity index (χ3v) is 3.26. The van der Waals surface area contributed by atoms with Crippen molar-refractivity contribution < 1.29 is 9.90 Å². The molecule has 0 aliphatic carbocycles. The first-order valence-corrected chi connectivity index (χ1v) is 7.43. The van der Waals surface area contributed by atoms with Crippen LogP contribution in [0, 0.1) is 6.92 Å². The highest BCUT2D eigenvalue weighted by Crippen LogP contribution is 2.20. The van der Waals surface area contributed by atoms with Crippen LogP contribution in [0.4, 0.5) is 0 Å². The van der Waals surface area contributed by atoms with E-state index in [9.17, 15) is 9.90 Å². The summed E-state index contributed by atoms with van der Waals surface area (Å²) < 4.78 is 0. The molecule has 2 rings (SSSR count). The fourth-order valence-corrected chi connectivity index (χ4v) is 2.18. The van der Waals surface area contributed by atoms with Crippen molar-refractivity contribution in [2.75, 3.05) is 13.1 Å². The zero-order chi connectivity index (χ0) is 15.0. The highest BCUT2D eigenvalue weighted by molar-refractivity contribution is 5.92. The maximum absolute atomic E-state index is 11.9. The largest absolute Gasteiger partial charge is 0.507 e. The maximum atomic E-state index is 11.9. The molecular weight excluding hydrogens is 250 g/mol. The Bertz CT molecular complexity index is 460. The molecule has 1 aliphatic heterocycles. The van der Waals surface area contributed by atoms with E-state index in [0.29, 0.717) is 5.56 Å². The summed E-state index contributed by atoms with van der Waals surface area (Å²) in [5, 5.41) is 9.74. The van der Waals surface area contributed by atoms with Crippen molar-refractivity contribution in [3.8, 4) is 5.75 Å². The summed E-state index contributed by atoms with van der Waals surface area (Å²) in [5.74, 6) is 0.257. The number of phenolic OH excluding ortho intramolecular Hbond substituents is 1. The minimum absolute atomic E-state index is 0.0367. The Morgan fingerprint density at radius 2 is 1.85 bits per heavy atom. The third-order valence-electron chi connectivity index (χ3n) is 3.26. The van der Waals surface area contributed by atoms with Gasteiger partial charge in [0.25, 0.3) is 0 Å². The average molecular weight is 275 g/mol. The van der Waals surface area contributed by atoms with E-state index in [1.165, 1.54) is 6.42 Å². The zero-order valence-corrected chi connectivity index (χ0v) is 12.7. The quantitative estimate of drug-likeness (QED) is 0.835. The van der Waals surface area contributed by atoms with Crippen molar-refractivity contribution in [1.82, 2.24) is 4.90 Å². The molecule has 110 valence electrons. The molecule has 20 heavy (non-hydrogen) atoms. The molecule has 1 saturated heterocycles. The molecule has 0 unspecified atom stereocenters. The first-order chi connectivity index (χ1) is 9.66. The van der Waals surface area contributed by atoms with Crippen LogP contribution in [0.3, 0.4) is 0 Å². The van der Waals surface area contributed by atoms with Gasteiger partial charge in [0, 0.05) is 24.7 Å². The summed E-state index contributed by atoms with van der Waals surface area (Å²) >= 11 is 0. The van der Waals surface area contributed by atoms with Gasteiger partial charge >= 0.3 is 0 Å². The second-order valence-corrected chi connectivity index (χ2v) is 4.78. The van der Waals surface area contributed by atoms with Gasteiger partial charge in [-0.25, -0.2) is 0 Å². The van der Waals surface area contributed by atoms with Gasteiger partial charge in [-0.05, 0) is 43.9 Å². The number of carbonyl (C=O) groups excluding carboxylic acids is 1. The Balaban J connectivity index is 0.000000956. The molecule has 0 saturated carbocycles. The maximum Gasteiger partial charge on any atom is 0.246 e. The van der Waals surface area contributed by atoms with Gasteiger partial charge in [-0.3, -0.25) is 4.79 Å². The number of aromatic hydroxyl groups is 1. The van der Waals surface area contributed by atoms with Gasteiger partial charge in [0.05, 0.1) is 0 Å². The van der Waals surface area contributed by atoms with E-state index in [0.717, 1.165) is 31.5 Å². The smallest absolute Gasteiger partial charge is 0.246 e. The van der Waals surface area contributed by atoms with E-state index < -0.39 is 0 Å². The average Bonchev–Trinajstić information content (AvgIpc) is 2.49. The van der Waals surface area contributed by atoms with E-state index in [-0.39, 0.29) is 11.7 Å². The molecule has 1 amide bonds. The summed E-state index contributed by atoms with van der Waals surface area (Å²) in [6, 6.07) is 5.44. The van der Waals surface area contributed by atoms with E-state index in [1.54, 1.807) is 18.2 Å². The minimum Gasteiger partial charge on any atom is -0.507 e. The molecule has 0 radical (unpaired) electrons. The predicted octanol–water partition coefficient (Wildman–Crippen LogP) is 3.75. The number of likely N-dealkylation sites (tertiary alicyclic amines) is 1. The number of carbonyl (C=O) groups is 1. The van der Waals surface area contributed by atoms with Gasteiger partial charge in [0.15, 0.2) is 0 Å². The third kappa shape index (κ3) is 4.72.